The zero-order chi connectivity index (χ0) is 13.4. The molecule has 3 rings (SSSR count). The molecule has 0 bridgehead atoms. The molecule has 0 amide bonds. The Morgan fingerprint density at radius 3 is 2.84 bits per heavy atom. The van der Waals surface area contributed by atoms with Crippen molar-refractivity contribution in [2.45, 2.75) is 13.0 Å². The zero-order valence-corrected chi connectivity index (χ0v) is 11.3. The number of imidazole rings is 1. The SMILES string of the molecule is CC(N)c1ccc(-c2cccc3nccn23)cc1Cl. The molecule has 2 heterocycles. The molecular formula is C15H14ClN3. The van der Waals surface area contributed by atoms with Crippen molar-refractivity contribution in [2.24, 2.45) is 5.73 Å². The first-order chi connectivity index (χ1) is 9.16. The summed E-state index contributed by atoms with van der Waals surface area (Å²) < 4.78 is 2.04. The molecule has 1 atom stereocenters. The maximum absolute atomic E-state index is 6.29. The van der Waals surface area contributed by atoms with Gasteiger partial charge in [-0.3, -0.25) is 4.40 Å². The van der Waals surface area contributed by atoms with E-state index in [0.29, 0.717) is 5.02 Å². The number of hydrogen-bond donors (Lipinski definition) is 1. The zero-order valence-electron chi connectivity index (χ0n) is 10.5. The average molecular weight is 272 g/mol. The van der Waals surface area contributed by atoms with Crippen molar-refractivity contribution in [3.8, 4) is 11.3 Å². The summed E-state index contributed by atoms with van der Waals surface area (Å²) in [5.41, 5.74) is 9.88. The monoisotopic (exact) mass is 271 g/mol. The van der Waals surface area contributed by atoms with E-state index in [4.69, 9.17) is 17.3 Å². The van der Waals surface area contributed by atoms with Gasteiger partial charge in [0.2, 0.25) is 0 Å². The lowest BCUT2D eigenvalue weighted by Gasteiger charge is -2.11. The van der Waals surface area contributed by atoms with Crippen molar-refractivity contribution in [1.82, 2.24) is 9.38 Å². The predicted molar refractivity (Wildman–Crippen MR) is 78.2 cm³/mol. The summed E-state index contributed by atoms with van der Waals surface area (Å²) in [6.07, 6.45) is 3.73. The second-order valence-electron chi connectivity index (χ2n) is 4.59. The molecule has 3 nitrogen and oxygen atoms in total. The molecule has 19 heavy (non-hydrogen) atoms. The van der Waals surface area contributed by atoms with Crippen LogP contribution < -0.4 is 5.73 Å². The number of aromatic nitrogens is 2. The lowest BCUT2D eigenvalue weighted by molar-refractivity contribution is 0.818. The number of nitrogens with two attached hydrogens (primary N) is 1. The van der Waals surface area contributed by atoms with Crippen molar-refractivity contribution in [1.29, 1.82) is 0 Å². The molecule has 0 aliphatic rings. The van der Waals surface area contributed by atoms with Crippen LogP contribution in [0.5, 0.6) is 0 Å². The molecule has 2 N–H and O–H groups in total. The maximum atomic E-state index is 6.29. The van der Waals surface area contributed by atoms with Crippen LogP contribution in [0.25, 0.3) is 16.9 Å². The molecule has 0 aliphatic heterocycles. The molecule has 0 aliphatic carbocycles. The van der Waals surface area contributed by atoms with Crippen molar-refractivity contribution < 1.29 is 0 Å². The van der Waals surface area contributed by atoms with E-state index in [1.807, 2.05) is 53.9 Å². The van der Waals surface area contributed by atoms with Crippen LogP contribution in [0, 0.1) is 0 Å². The first-order valence-electron chi connectivity index (χ1n) is 6.14. The number of hydrogen-bond acceptors (Lipinski definition) is 2. The Hall–Kier alpha value is -1.84. The van der Waals surface area contributed by atoms with Gasteiger partial charge in [-0.15, -0.1) is 0 Å². The number of fused-ring (bicyclic) bond motifs is 1. The minimum atomic E-state index is -0.0643. The molecule has 0 saturated heterocycles. The van der Waals surface area contributed by atoms with Gasteiger partial charge in [-0.25, -0.2) is 4.98 Å². The molecule has 96 valence electrons. The minimum absolute atomic E-state index is 0.0643. The molecular weight excluding hydrogens is 258 g/mol. The molecule has 0 radical (unpaired) electrons. The summed E-state index contributed by atoms with van der Waals surface area (Å²) in [5, 5.41) is 0.699. The fourth-order valence-corrected chi connectivity index (χ4v) is 2.59. The molecule has 0 fully saturated rings. The highest BCUT2D eigenvalue weighted by molar-refractivity contribution is 6.31. The van der Waals surface area contributed by atoms with Gasteiger partial charge in [-0.2, -0.15) is 0 Å². The van der Waals surface area contributed by atoms with Crippen molar-refractivity contribution in [3.63, 3.8) is 0 Å². The fourth-order valence-electron chi connectivity index (χ4n) is 2.24. The number of benzene rings is 1. The van der Waals surface area contributed by atoms with Gasteiger partial charge >= 0.3 is 0 Å². The summed E-state index contributed by atoms with van der Waals surface area (Å²) in [6.45, 7) is 1.93. The highest BCUT2D eigenvalue weighted by atomic mass is 35.5. The minimum Gasteiger partial charge on any atom is -0.324 e. The van der Waals surface area contributed by atoms with Crippen molar-refractivity contribution in [3.05, 3.63) is 59.4 Å². The molecule has 0 saturated carbocycles. The Morgan fingerprint density at radius 1 is 1.26 bits per heavy atom. The highest BCUT2D eigenvalue weighted by Crippen LogP contribution is 2.28. The Labute approximate surface area is 116 Å². The van der Waals surface area contributed by atoms with Crippen LogP contribution in [0.3, 0.4) is 0 Å². The quantitative estimate of drug-likeness (QED) is 0.773. The lowest BCUT2D eigenvalue weighted by atomic mass is 10.0. The third-order valence-electron chi connectivity index (χ3n) is 3.22. The van der Waals surface area contributed by atoms with Gasteiger partial charge in [-0.1, -0.05) is 29.8 Å². The third-order valence-corrected chi connectivity index (χ3v) is 3.54. The van der Waals surface area contributed by atoms with E-state index in [2.05, 4.69) is 4.98 Å². The Balaban J connectivity index is 2.17. The van der Waals surface area contributed by atoms with E-state index in [1.54, 1.807) is 6.20 Å². The first-order valence-corrected chi connectivity index (χ1v) is 6.52. The normalized spacial score (nSPS) is 12.8. The summed E-state index contributed by atoms with van der Waals surface area (Å²) in [7, 11) is 0. The van der Waals surface area contributed by atoms with Crippen LogP contribution in [-0.2, 0) is 0 Å². The predicted octanol–water partition coefficient (Wildman–Crippen LogP) is 3.67. The molecule has 2 aromatic heterocycles. The highest BCUT2D eigenvalue weighted by Gasteiger charge is 2.09. The smallest absolute Gasteiger partial charge is 0.137 e. The Bertz CT molecular complexity index is 731. The van der Waals surface area contributed by atoms with Crippen LogP contribution in [0.2, 0.25) is 5.02 Å². The van der Waals surface area contributed by atoms with E-state index < -0.39 is 0 Å². The van der Waals surface area contributed by atoms with Gasteiger partial charge in [0.1, 0.15) is 5.65 Å². The van der Waals surface area contributed by atoms with E-state index in [9.17, 15) is 0 Å². The van der Waals surface area contributed by atoms with Crippen LogP contribution >= 0.6 is 11.6 Å². The number of halogens is 1. The van der Waals surface area contributed by atoms with Gasteiger partial charge in [0.05, 0.1) is 5.69 Å². The number of pyridine rings is 1. The van der Waals surface area contributed by atoms with E-state index in [0.717, 1.165) is 22.5 Å². The maximum Gasteiger partial charge on any atom is 0.137 e. The third kappa shape index (κ3) is 2.11. The second-order valence-corrected chi connectivity index (χ2v) is 5.00. The second kappa shape index (κ2) is 4.68. The molecule has 1 aromatic carbocycles. The molecule has 0 spiro atoms. The lowest BCUT2D eigenvalue weighted by Crippen LogP contribution is -2.05. The van der Waals surface area contributed by atoms with E-state index in [1.165, 1.54) is 0 Å². The Morgan fingerprint density at radius 2 is 2.11 bits per heavy atom. The standard InChI is InChI=1S/C15H14ClN3/c1-10(17)12-6-5-11(9-13(12)16)14-3-2-4-15-18-7-8-19(14)15/h2-10H,17H2,1H3. The fraction of sp³-hybridized carbons (Fsp3) is 0.133. The van der Waals surface area contributed by atoms with Crippen LogP contribution in [0.15, 0.2) is 48.8 Å². The summed E-state index contributed by atoms with van der Waals surface area (Å²) in [5.74, 6) is 0. The Kier molecular flexibility index (Phi) is 3.01. The largest absolute Gasteiger partial charge is 0.324 e. The van der Waals surface area contributed by atoms with E-state index >= 15 is 0 Å². The van der Waals surface area contributed by atoms with Gasteiger partial charge in [-0.05, 0) is 30.7 Å². The first kappa shape index (κ1) is 12.2. The summed E-state index contributed by atoms with van der Waals surface area (Å²) in [4.78, 5) is 4.28. The van der Waals surface area contributed by atoms with Gasteiger partial charge in [0, 0.05) is 29.0 Å². The van der Waals surface area contributed by atoms with Crippen LogP contribution in [0.4, 0.5) is 0 Å². The van der Waals surface area contributed by atoms with Gasteiger partial charge < -0.3 is 5.73 Å². The molecule has 4 heteroatoms. The molecule has 3 aromatic rings. The average Bonchev–Trinajstić information content (AvgIpc) is 2.86. The molecule has 1 unspecified atom stereocenters. The summed E-state index contributed by atoms with van der Waals surface area (Å²) >= 11 is 6.29. The summed E-state index contributed by atoms with van der Waals surface area (Å²) in [6, 6.07) is 11.9. The topological polar surface area (TPSA) is 43.3 Å². The van der Waals surface area contributed by atoms with Crippen LogP contribution in [0.1, 0.15) is 18.5 Å². The number of rotatable bonds is 2. The van der Waals surface area contributed by atoms with Crippen LogP contribution in [-0.4, -0.2) is 9.38 Å². The van der Waals surface area contributed by atoms with E-state index in [-0.39, 0.29) is 6.04 Å². The number of nitrogens with zero attached hydrogens (tertiary/aromatic N) is 2. The van der Waals surface area contributed by atoms with Gasteiger partial charge in [0.25, 0.3) is 0 Å². The van der Waals surface area contributed by atoms with Crippen molar-refractivity contribution in [2.75, 3.05) is 0 Å². The van der Waals surface area contributed by atoms with Crippen molar-refractivity contribution >= 4 is 17.2 Å². The van der Waals surface area contributed by atoms with Gasteiger partial charge in [0.15, 0.2) is 0 Å².